The van der Waals surface area contributed by atoms with E-state index in [-0.39, 0.29) is 6.10 Å². The number of ether oxygens (including phenoxy) is 1. The minimum Gasteiger partial charge on any atom is -0.490 e. The van der Waals surface area contributed by atoms with E-state index in [4.69, 9.17) is 10.5 Å². The van der Waals surface area contributed by atoms with Gasteiger partial charge in [0.25, 0.3) is 0 Å². The second-order valence-electron chi connectivity index (χ2n) is 7.37. The highest BCUT2D eigenvalue weighted by Gasteiger charge is 2.10. The number of aliphatic imine (C=N–C) groups is 1. The van der Waals surface area contributed by atoms with Crippen molar-refractivity contribution in [2.45, 2.75) is 53.2 Å². The van der Waals surface area contributed by atoms with E-state index in [2.05, 4.69) is 61.2 Å². The van der Waals surface area contributed by atoms with Crippen LogP contribution in [0.25, 0.3) is 0 Å². The van der Waals surface area contributed by atoms with Crippen molar-refractivity contribution >= 4 is 5.96 Å². The SMILES string of the molecule is Cc1ccc(CN=C(N)NCCc2ccccn2)c(OC(C)CC(C)C)c1. The van der Waals surface area contributed by atoms with E-state index in [0.717, 1.165) is 29.8 Å². The first-order valence-electron chi connectivity index (χ1n) is 9.64. The molecule has 0 saturated carbocycles. The van der Waals surface area contributed by atoms with Gasteiger partial charge in [-0.2, -0.15) is 0 Å². The van der Waals surface area contributed by atoms with Crippen LogP contribution >= 0.6 is 0 Å². The van der Waals surface area contributed by atoms with Crippen LogP contribution in [0.4, 0.5) is 0 Å². The average molecular weight is 369 g/mol. The molecule has 1 aromatic heterocycles. The van der Waals surface area contributed by atoms with Gasteiger partial charge in [0.1, 0.15) is 5.75 Å². The zero-order valence-corrected chi connectivity index (χ0v) is 16.9. The third-order valence-electron chi connectivity index (χ3n) is 4.19. The Morgan fingerprint density at radius 2 is 2.04 bits per heavy atom. The lowest BCUT2D eigenvalue weighted by Gasteiger charge is -2.19. The molecular weight excluding hydrogens is 336 g/mol. The van der Waals surface area contributed by atoms with Gasteiger partial charge >= 0.3 is 0 Å². The van der Waals surface area contributed by atoms with E-state index >= 15 is 0 Å². The number of hydrogen-bond acceptors (Lipinski definition) is 3. The van der Waals surface area contributed by atoms with Crippen LogP contribution in [0.3, 0.4) is 0 Å². The van der Waals surface area contributed by atoms with Gasteiger partial charge in [0.15, 0.2) is 5.96 Å². The largest absolute Gasteiger partial charge is 0.490 e. The molecule has 1 unspecified atom stereocenters. The van der Waals surface area contributed by atoms with Gasteiger partial charge < -0.3 is 15.8 Å². The van der Waals surface area contributed by atoms with E-state index < -0.39 is 0 Å². The predicted molar refractivity (Wildman–Crippen MR) is 112 cm³/mol. The zero-order valence-electron chi connectivity index (χ0n) is 16.9. The van der Waals surface area contributed by atoms with Gasteiger partial charge in [-0.15, -0.1) is 0 Å². The number of hydrogen-bond donors (Lipinski definition) is 2. The molecule has 0 aliphatic rings. The van der Waals surface area contributed by atoms with Gasteiger partial charge in [0, 0.05) is 30.4 Å². The molecule has 2 aromatic rings. The van der Waals surface area contributed by atoms with E-state index in [1.54, 1.807) is 6.20 Å². The number of nitrogens with one attached hydrogen (secondary N) is 1. The van der Waals surface area contributed by atoms with Gasteiger partial charge in [-0.1, -0.05) is 32.0 Å². The zero-order chi connectivity index (χ0) is 19.6. The van der Waals surface area contributed by atoms with E-state index in [9.17, 15) is 0 Å². The first-order chi connectivity index (χ1) is 12.9. The van der Waals surface area contributed by atoms with Crippen LogP contribution in [-0.2, 0) is 13.0 Å². The van der Waals surface area contributed by atoms with Gasteiger partial charge in [0.2, 0.25) is 0 Å². The summed E-state index contributed by atoms with van der Waals surface area (Å²) in [6, 6.07) is 12.1. The predicted octanol–water partition coefficient (Wildman–Crippen LogP) is 3.85. The third-order valence-corrected chi connectivity index (χ3v) is 4.19. The molecule has 2 rings (SSSR count). The van der Waals surface area contributed by atoms with E-state index in [1.807, 2.05) is 18.2 Å². The highest BCUT2D eigenvalue weighted by Crippen LogP contribution is 2.24. The second kappa shape index (κ2) is 10.6. The van der Waals surface area contributed by atoms with Crippen molar-refractivity contribution in [3.05, 3.63) is 59.4 Å². The number of rotatable bonds is 9. The number of guanidine groups is 1. The summed E-state index contributed by atoms with van der Waals surface area (Å²) >= 11 is 0. The normalized spacial score (nSPS) is 12.9. The molecule has 146 valence electrons. The molecule has 0 bridgehead atoms. The summed E-state index contributed by atoms with van der Waals surface area (Å²) in [4.78, 5) is 8.77. The quantitative estimate of drug-likeness (QED) is 0.521. The number of aryl methyl sites for hydroxylation is 1. The lowest BCUT2D eigenvalue weighted by atomic mass is 10.1. The Kier molecular flexibility index (Phi) is 8.11. The Balaban J connectivity index is 1.92. The minimum absolute atomic E-state index is 0.170. The van der Waals surface area contributed by atoms with Crippen molar-refractivity contribution in [3.63, 3.8) is 0 Å². The Bertz CT molecular complexity index is 728. The van der Waals surface area contributed by atoms with Gasteiger partial charge in [-0.3, -0.25) is 4.98 Å². The highest BCUT2D eigenvalue weighted by atomic mass is 16.5. The topological polar surface area (TPSA) is 72.5 Å². The molecular formula is C22H32N4O. The van der Waals surface area contributed by atoms with Crippen LogP contribution in [-0.4, -0.2) is 23.6 Å². The van der Waals surface area contributed by atoms with Crippen molar-refractivity contribution in [2.24, 2.45) is 16.6 Å². The maximum Gasteiger partial charge on any atom is 0.188 e. The number of nitrogens with zero attached hydrogens (tertiary/aromatic N) is 2. The monoisotopic (exact) mass is 368 g/mol. The summed E-state index contributed by atoms with van der Waals surface area (Å²) in [6.07, 6.45) is 3.80. The Hall–Kier alpha value is -2.56. The lowest BCUT2D eigenvalue weighted by molar-refractivity contribution is 0.191. The maximum absolute atomic E-state index is 6.17. The fourth-order valence-corrected chi connectivity index (χ4v) is 2.92. The molecule has 3 N–H and O–H groups in total. The number of benzene rings is 1. The van der Waals surface area contributed by atoms with Crippen LogP contribution in [0.2, 0.25) is 0 Å². The fraction of sp³-hybridized carbons (Fsp3) is 0.455. The molecule has 5 heteroatoms. The standard InChI is InChI=1S/C22H32N4O/c1-16(2)13-18(4)27-21-14-17(3)8-9-19(21)15-26-22(23)25-12-10-20-7-5-6-11-24-20/h5-9,11,14,16,18H,10,12-13,15H2,1-4H3,(H3,23,25,26). The Morgan fingerprint density at radius 1 is 1.22 bits per heavy atom. The van der Waals surface area contributed by atoms with Crippen LogP contribution in [0, 0.1) is 12.8 Å². The van der Waals surface area contributed by atoms with Crippen molar-refractivity contribution in [1.82, 2.24) is 10.3 Å². The number of aromatic nitrogens is 1. The fourth-order valence-electron chi connectivity index (χ4n) is 2.92. The summed E-state index contributed by atoms with van der Waals surface area (Å²) in [6.45, 7) is 9.79. The molecule has 1 aromatic carbocycles. The van der Waals surface area contributed by atoms with Crippen molar-refractivity contribution in [2.75, 3.05) is 6.54 Å². The van der Waals surface area contributed by atoms with Crippen molar-refractivity contribution in [3.8, 4) is 5.75 Å². The molecule has 0 fully saturated rings. The van der Waals surface area contributed by atoms with Gasteiger partial charge in [-0.25, -0.2) is 4.99 Å². The Morgan fingerprint density at radius 3 is 2.74 bits per heavy atom. The molecule has 1 heterocycles. The highest BCUT2D eigenvalue weighted by molar-refractivity contribution is 5.77. The van der Waals surface area contributed by atoms with Crippen molar-refractivity contribution in [1.29, 1.82) is 0 Å². The molecule has 0 spiro atoms. The van der Waals surface area contributed by atoms with Crippen LogP contribution < -0.4 is 15.8 Å². The molecule has 0 amide bonds. The van der Waals surface area contributed by atoms with Crippen molar-refractivity contribution < 1.29 is 4.74 Å². The summed E-state index contributed by atoms with van der Waals surface area (Å²) in [5.41, 5.74) is 9.27. The molecule has 0 aliphatic heterocycles. The van der Waals surface area contributed by atoms with E-state index in [0.29, 0.717) is 25.0 Å². The minimum atomic E-state index is 0.170. The maximum atomic E-state index is 6.17. The molecule has 5 nitrogen and oxygen atoms in total. The average Bonchev–Trinajstić information content (AvgIpc) is 2.61. The molecule has 0 radical (unpaired) electrons. The van der Waals surface area contributed by atoms with Gasteiger partial charge in [-0.05, 0) is 49.9 Å². The van der Waals surface area contributed by atoms with Gasteiger partial charge in [0.05, 0.1) is 12.6 Å². The summed E-state index contributed by atoms with van der Waals surface area (Å²) in [7, 11) is 0. The summed E-state index contributed by atoms with van der Waals surface area (Å²) < 4.78 is 6.17. The van der Waals surface area contributed by atoms with Crippen LogP contribution in [0.1, 0.15) is 44.0 Å². The Labute approximate surface area is 163 Å². The second-order valence-corrected chi connectivity index (χ2v) is 7.37. The first kappa shape index (κ1) is 20.7. The first-order valence-corrected chi connectivity index (χ1v) is 9.64. The smallest absolute Gasteiger partial charge is 0.188 e. The third kappa shape index (κ3) is 7.69. The van der Waals surface area contributed by atoms with Crippen LogP contribution in [0.15, 0.2) is 47.6 Å². The molecule has 1 atom stereocenters. The van der Waals surface area contributed by atoms with Crippen LogP contribution in [0.5, 0.6) is 5.75 Å². The molecule has 27 heavy (non-hydrogen) atoms. The molecule has 0 saturated heterocycles. The number of pyridine rings is 1. The van der Waals surface area contributed by atoms with E-state index in [1.165, 1.54) is 5.56 Å². The number of nitrogens with two attached hydrogens (primary N) is 1. The molecule has 0 aliphatic carbocycles. The lowest BCUT2D eigenvalue weighted by Crippen LogP contribution is -2.33. The summed E-state index contributed by atoms with van der Waals surface area (Å²) in [5, 5.41) is 3.15. The summed E-state index contributed by atoms with van der Waals surface area (Å²) in [5.74, 6) is 1.94.